The van der Waals surface area contributed by atoms with E-state index in [9.17, 15) is 10.4 Å². The molecule has 0 radical (unpaired) electrons. The van der Waals surface area contributed by atoms with Gasteiger partial charge in [0.15, 0.2) is 12.4 Å². The third kappa shape index (κ3) is 6.37. The summed E-state index contributed by atoms with van der Waals surface area (Å²) >= 11 is 0. The van der Waals surface area contributed by atoms with Gasteiger partial charge in [-0.3, -0.25) is 0 Å². The van der Waals surface area contributed by atoms with Gasteiger partial charge in [-0.15, -0.1) is 0 Å². The van der Waals surface area contributed by atoms with E-state index >= 15 is 0 Å². The summed E-state index contributed by atoms with van der Waals surface area (Å²) in [4.78, 5) is 0. The first kappa shape index (κ1) is 26.0. The van der Waals surface area contributed by atoms with Gasteiger partial charge in [0.25, 0.3) is 0 Å². The van der Waals surface area contributed by atoms with Crippen molar-refractivity contribution in [2.75, 3.05) is 13.7 Å². The maximum atomic E-state index is 11.7. The number of hydrogen-bond acceptors (Lipinski definition) is 7. The maximum Gasteiger partial charge on any atom is 0.211 e. The van der Waals surface area contributed by atoms with Crippen LogP contribution in [0, 0.1) is 11.3 Å². The van der Waals surface area contributed by atoms with E-state index < -0.39 is 30.2 Å². The van der Waals surface area contributed by atoms with Crippen LogP contribution in [0.4, 0.5) is 0 Å². The predicted octanol–water partition coefficient (Wildman–Crippen LogP) is 4.00. The monoisotopic (exact) mass is 489 g/mol. The molecule has 0 saturated carbocycles. The molecule has 1 fully saturated rings. The molecule has 3 aromatic carbocycles. The van der Waals surface area contributed by atoms with E-state index in [0.29, 0.717) is 6.61 Å². The van der Waals surface area contributed by atoms with Gasteiger partial charge in [0.05, 0.1) is 26.4 Å². The minimum absolute atomic E-state index is 0.0869. The van der Waals surface area contributed by atoms with Crippen molar-refractivity contribution in [3.8, 4) is 6.07 Å². The summed E-state index contributed by atoms with van der Waals surface area (Å²) in [5.41, 5.74) is 0.738. The molecule has 36 heavy (non-hydrogen) atoms. The van der Waals surface area contributed by atoms with E-state index in [4.69, 9.17) is 23.7 Å². The zero-order valence-electron chi connectivity index (χ0n) is 20.2. The highest BCUT2D eigenvalue weighted by Gasteiger charge is 2.58. The van der Waals surface area contributed by atoms with Gasteiger partial charge in [-0.1, -0.05) is 91.0 Å². The summed E-state index contributed by atoms with van der Waals surface area (Å²) in [6, 6.07) is 30.8. The summed E-state index contributed by atoms with van der Waals surface area (Å²) in [6.45, 7) is 0.780. The lowest BCUT2D eigenvalue weighted by atomic mass is 9.84. The first-order valence-electron chi connectivity index (χ1n) is 11.9. The van der Waals surface area contributed by atoms with Gasteiger partial charge in [0.1, 0.15) is 18.3 Å². The fourth-order valence-electron chi connectivity index (χ4n) is 4.23. The van der Waals surface area contributed by atoms with E-state index in [1.165, 1.54) is 7.11 Å². The van der Waals surface area contributed by atoms with Crippen molar-refractivity contribution in [1.29, 1.82) is 5.26 Å². The number of benzene rings is 3. The molecule has 7 heteroatoms. The van der Waals surface area contributed by atoms with E-state index in [0.717, 1.165) is 16.7 Å². The molecule has 0 aromatic heterocycles. The average Bonchev–Trinajstić information content (AvgIpc) is 2.93. The van der Waals surface area contributed by atoms with Crippen molar-refractivity contribution >= 4 is 0 Å². The molecule has 0 amide bonds. The number of nitrogens with zero attached hydrogens (tertiary/aromatic N) is 1. The van der Waals surface area contributed by atoms with E-state index in [-0.39, 0.29) is 19.8 Å². The van der Waals surface area contributed by atoms with Gasteiger partial charge in [-0.05, 0) is 16.7 Å². The van der Waals surface area contributed by atoms with Gasteiger partial charge in [0.2, 0.25) is 5.60 Å². The molecule has 1 aliphatic heterocycles. The number of hydrogen-bond donors (Lipinski definition) is 1. The highest BCUT2D eigenvalue weighted by molar-refractivity contribution is 5.19. The second-order valence-electron chi connectivity index (χ2n) is 8.65. The fourth-order valence-corrected chi connectivity index (χ4v) is 4.23. The maximum absolute atomic E-state index is 11.7. The zero-order valence-corrected chi connectivity index (χ0v) is 20.2. The normalized spacial score (nSPS) is 25.8. The Morgan fingerprint density at radius 2 is 1.25 bits per heavy atom. The number of nitriles is 1. The van der Waals surface area contributed by atoms with Crippen LogP contribution in [-0.4, -0.2) is 49.0 Å². The van der Waals surface area contributed by atoms with Crippen LogP contribution in [0.15, 0.2) is 91.0 Å². The van der Waals surface area contributed by atoms with Gasteiger partial charge < -0.3 is 28.8 Å². The van der Waals surface area contributed by atoms with Crippen LogP contribution >= 0.6 is 0 Å². The fraction of sp³-hybridized carbons (Fsp3) is 0.345. The highest BCUT2D eigenvalue weighted by Crippen LogP contribution is 2.35. The van der Waals surface area contributed by atoms with Crippen LogP contribution in [0.25, 0.3) is 0 Å². The van der Waals surface area contributed by atoms with Crippen LogP contribution in [-0.2, 0) is 43.5 Å². The molecular formula is C29H31NO6. The Labute approximate surface area is 211 Å². The zero-order chi connectivity index (χ0) is 25.2. The molecule has 1 heterocycles. The van der Waals surface area contributed by atoms with E-state index in [2.05, 4.69) is 0 Å². The SMILES string of the molecule is CO[C@H]1O[C@H](COCc2ccccc2)[C@H](OCc2ccccc2)[C@](O)(C#N)[C@H]1OCc1ccccc1. The Morgan fingerprint density at radius 1 is 0.778 bits per heavy atom. The smallest absolute Gasteiger partial charge is 0.211 e. The van der Waals surface area contributed by atoms with E-state index in [1.54, 1.807) is 0 Å². The second kappa shape index (κ2) is 12.7. The molecule has 5 atom stereocenters. The van der Waals surface area contributed by atoms with Crippen molar-refractivity contribution in [3.63, 3.8) is 0 Å². The summed E-state index contributed by atoms with van der Waals surface area (Å²) in [5, 5.41) is 21.9. The Bertz CT molecular complexity index is 1090. The standard InChI is InChI=1S/C29H31NO6/c1-32-28-27(35-19-24-15-9-4-10-16-24)29(31,21-30)26(34-18-23-13-7-3-8-14-23)25(36-28)20-33-17-22-11-5-2-6-12-22/h2-16,25-28,31H,17-20H2,1H3/t25-,26+,27+,28+,29-/m1/s1. The third-order valence-corrected chi connectivity index (χ3v) is 6.11. The van der Waals surface area contributed by atoms with Gasteiger partial charge in [-0.25, -0.2) is 0 Å². The van der Waals surface area contributed by atoms with Crippen molar-refractivity contribution < 1.29 is 28.8 Å². The van der Waals surface area contributed by atoms with Gasteiger partial charge >= 0.3 is 0 Å². The molecule has 7 nitrogen and oxygen atoms in total. The Kier molecular flexibility index (Phi) is 9.20. The van der Waals surface area contributed by atoms with Crippen LogP contribution < -0.4 is 0 Å². The molecule has 0 unspecified atom stereocenters. The van der Waals surface area contributed by atoms with Crippen LogP contribution in [0.1, 0.15) is 16.7 Å². The Hall–Kier alpha value is -3.09. The quantitative estimate of drug-likeness (QED) is 0.407. The van der Waals surface area contributed by atoms with Crippen LogP contribution in [0.3, 0.4) is 0 Å². The molecule has 0 bridgehead atoms. The largest absolute Gasteiger partial charge is 0.374 e. The summed E-state index contributed by atoms with van der Waals surface area (Å²) in [7, 11) is 1.45. The first-order chi connectivity index (χ1) is 17.6. The Balaban J connectivity index is 1.54. The third-order valence-electron chi connectivity index (χ3n) is 6.11. The molecule has 0 aliphatic carbocycles. The predicted molar refractivity (Wildman–Crippen MR) is 132 cm³/mol. The topological polar surface area (TPSA) is 90.2 Å². The van der Waals surface area contributed by atoms with E-state index in [1.807, 2.05) is 97.1 Å². The lowest BCUT2D eigenvalue weighted by molar-refractivity contribution is -0.333. The first-order valence-corrected chi connectivity index (χ1v) is 11.9. The molecule has 1 saturated heterocycles. The molecule has 3 aromatic rings. The summed E-state index contributed by atoms with van der Waals surface area (Å²) < 4.78 is 29.8. The number of aliphatic hydroxyl groups is 1. The molecule has 1 aliphatic rings. The summed E-state index contributed by atoms with van der Waals surface area (Å²) in [6.07, 6.45) is -3.94. The van der Waals surface area contributed by atoms with Gasteiger partial charge in [0, 0.05) is 7.11 Å². The average molecular weight is 490 g/mol. The number of rotatable bonds is 11. The molecule has 4 rings (SSSR count). The van der Waals surface area contributed by atoms with Gasteiger partial charge in [-0.2, -0.15) is 5.26 Å². The lowest BCUT2D eigenvalue weighted by Gasteiger charge is -2.47. The Morgan fingerprint density at radius 3 is 1.72 bits per heavy atom. The molecule has 1 N–H and O–H groups in total. The molecule has 188 valence electrons. The van der Waals surface area contributed by atoms with Crippen molar-refractivity contribution in [3.05, 3.63) is 108 Å². The minimum atomic E-state index is -2.05. The number of methoxy groups -OCH3 is 1. The number of ether oxygens (including phenoxy) is 5. The summed E-state index contributed by atoms with van der Waals surface area (Å²) in [5.74, 6) is 0. The second-order valence-corrected chi connectivity index (χ2v) is 8.65. The minimum Gasteiger partial charge on any atom is -0.374 e. The van der Waals surface area contributed by atoms with Crippen molar-refractivity contribution in [2.24, 2.45) is 0 Å². The van der Waals surface area contributed by atoms with Crippen molar-refractivity contribution in [2.45, 2.75) is 50.0 Å². The lowest BCUT2D eigenvalue weighted by Crippen LogP contribution is -2.68. The van der Waals surface area contributed by atoms with Crippen molar-refractivity contribution in [1.82, 2.24) is 0 Å². The van der Waals surface area contributed by atoms with Crippen LogP contribution in [0.2, 0.25) is 0 Å². The molecular weight excluding hydrogens is 458 g/mol. The highest BCUT2D eigenvalue weighted by atomic mass is 16.7. The molecule has 0 spiro atoms. The van der Waals surface area contributed by atoms with Crippen LogP contribution in [0.5, 0.6) is 0 Å².